The van der Waals surface area contributed by atoms with Crippen LogP contribution in [0.5, 0.6) is 0 Å². The third kappa shape index (κ3) is 3.58. The first kappa shape index (κ1) is 25.9. The number of hydrogen-bond donors (Lipinski definition) is 0. The minimum absolute atomic E-state index is 0.0404. The molecule has 9 aromatic rings. The zero-order chi connectivity index (χ0) is 30.6. The number of anilines is 3. The van der Waals surface area contributed by atoms with Crippen molar-refractivity contribution in [3.8, 4) is 11.1 Å². The molecule has 0 atom stereocenters. The molecule has 2 heterocycles. The molecule has 0 aliphatic heterocycles. The molecule has 1 aliphatic carbocycles. The van der Waals surface area contributed by atoms with Crippen LogP contribution in [0, 0.1) is 0 Å². The molecule has 0 amide bonds. The Labute approximate surface area is 270 Å². The number of thiophene rings is 1. The first-order valence-electron chi connectivity index (χ1n) is 15.8. The molecule has 0 N–H and O–H groups in total. The van der Waals surface area contributed by atoms with E-state index in [1.165, 1.54) is 53.2 Å². The van der Waals surface area contributed by atoms with Crippen molar-refractivity contribution in [2.75, 3.05) is 4.90 Å². The molecule has 3 heteroatoms. The Morgan fingerprint density at radius 2 is 1.17 bits per heavy atom. The van der Waals surface area contributed by atoms with Gasteiger partial charge < -0.3 is 9.32 Å². The number of rotatable bonds is 3. The second-order valence-electron chi connectivity index (χ2n) is 13.0. The van der Waals surface area contributed by atoms with Crippen LogP contribution in [-0.4, -0.2) is 0 Å². The third-order valence-electron chi connectivity index (χ3n) is 10.0. The first-order chi connectivity index (χ1) is 22.5. The van der Waals surface area contributed by atoms with E-state index in [2.05, 4.69) is 146 Å². The average Bonchev–Trinajstić information content (AvgIpc) is 3.72. The maximum absolute atomic E-state index is 6.39. The van der Waals surface area contributed by atoms with Gasteiger partial charge in [-0.05, 0) is 81.6 Å². The summed E-state index contributed by atoms with van der Waals surface area (Å²) in [4.78, 5) is 2.39. The second-order valence-corrected chi connectivity index (χ2v) is 14.0. The van der Waals surface area contributed by atoms with E-state index in [-0.39, 0.29) is 5.41 Å². The van der Waals surface area contributed by atoms with Gasteiger partial charge >= 0.3 is 0 Å². The van der Waals surface area contributed by atoms with Crippen LogP contribution in [0.2, 0.25) is 0 Å². The first-order valence-corrected chi connectivity index (χ1v) is 16.7. The third-order valence-corrected chi connectivity index (χ3v) is 11.2. The summed E-state index contributed by atoms with van der Waals surface area (Å²) in [6.07, 6.45) is 0. The van der Waals surface area contributed by atoms with Gasteiger partial charge in [-0.15, -0.1) is 11.3 Å². The van der Waals surface area contributed by atoms with Crippen molar-refractivity contribution in [2.45, 2.75) is 19.3 Å². The van der Waals surface area contributed by atoms with Gasteiger partial charge in [-0.25, -0.2) is 0 Å². The summed E-state index contributed by atoms with van der Waals surface area (Å²) >= 11 is 1.87. The van der Waals surface area contributed by atoms with Gasteiger partial charge in [-0.3, -0.25) is 0 Å². The molecule has 0 saturated heterocycles. The minimum Gasteiger partial charge on any atom is -0.456 e. The number of benzene rings is 7. The van der Waals surface area contributed by atoms with E-state index in [0.29, 0.717) is 0 Å². The SMILES string of the molecule is CC1(C)c2ccccc2-c2cc(N(c3ccc4c(c3)oc3ccccc34)c3ccc4c(c3)sc3ccc5ccccc5c34)ccc21. The van der Waals surface area contributed by atoms with Crippen molar-refractivity contribution in [2.24, 2.45) is 0 Å². The molecule has 0 radical (unpaired) electrons. The van der Waals surface area contributed by atoms with Gasteiger partial charge in [0.15, 0.2) is 0 Å². The highest BCUT2D eigenvalue weighted by molar-refractivity contribution is 7.26. The molecule has 7 aromatic carbocycles. The summed E-state index contributed by atoms with van der Waals surface area (Å²) in [5.41, 5.74) is 10.5. The maximum Gasteiger partial charge on any atom is 0.137 e. The highest BCUT2D eigenvalue weighted by atomic mass is 32.1. The summed E-state index contributed by atoms with van der Waals surface area (Å²) in [5.74, 6) is 0. The van der Waals surface area contributed by atoms with Crippen LogP contribution in [0.4, 0.5) is 17.1 Å². The quantitative estimate of drug-likeness (QED) is 0.199. The van der Waals surface area contributed by atoms with Gasteiger partial charge in [0.25, 0.3) is 0 Å². The standard InChI is InChI=1S/C43H29NOS/c1-43(2)36-13-7-5-11-31(36)35-23-27(18-21-37(35)43)44(28-16-19-33-32-12-6-8-14-38(32)45-39(33)24-28)29-17-20-34-41(25-29)46-40-22-15-26-9-3-4-10-30(26)42(34)40/h3-25H,1-2H3. The molecule has 0 unspecified atom stereocenters. The van der Waals surface area contributed by atoms with Crippen molar-refractivity contribution in [3.05, 3.63) is 151 Å². The van der Waals surface area contributed by atoms with Crippen molar-refractivity contribution in [3.63, 3.8) is 0 Å². The lowest BCUT2D eigenvalue weighted by Gasteiger charge is -2.27. The van der Waals surface area contributed by atoms with Gasteiger partial charge in [-0.2, -0.15) is 0 Å². The maximum atomic E-state index is 6.39. The van der Waals surface area contributed by atoms with Gasteiger partial charge in [0.05, 0.1) is 0 Å². The van der Waals surface area contributed by atoms with Crippen LogP contribution in [0.15, 0.2) is 144 Å². The van der Waals surface area contributed by atoms with Crippen LogP contribution in [0.1, 0.15) is 25.0 Å². The number of furan rings is 1. The van der Waals surface area contributed by atoms with Gasteiger partial charge in [0, 0.05) is 59.5 Å². The summed E-state index contributed by atoms with van der Waals surface area (Å²) in [7, 11) is 0. The largest absolute Gasteiger partial charge is 0.456 e. The Balaban J connectivity index is 1.21. The van der Waals surface area contributed by atoms with Crippen LogP contribution in [0.25, 0.3) is 64.0 Å². The Morgan fingerprint density at radius 3 is 2.09 bits per heavy atom. The van der Waals surface area contributed by atoms with E-state index in [0.717, 1.165) is 39.0 Å². The smallest absolute Gasteiger partial charge is 0.137 e. The van der Waals surface area contributed by atoms with E-state index >= 15 is 0 Å². The normalized spacial score (nSPS) is 13.6. The molecule has 0 spiro atoms. The van der Waals surface area contributed by atoms with E-state index in [1.807, 2.05) is 23.5 Å². The summed E-state index contributed by atoms with van der Waals surface area (Å²) in [5, 5.41) is 7.52. The zero-order valence-electron chi connectivity index (χ0n) is 25.5. The van der Waals surface area contributed by atoms with E-state index in [1.54, 1.807) is 0 Å². The Bertz CT molecular complexity index is 2690. The molecule has 46 heavy (non-hydrogen) atoms. The number of para-hydroxylation sites is 1. The van der Waals surface area contributed by atoms with Crippen LogP contribution in [-0.2, 0) is 5.41 Å². The van der Waals surface area contributed by atoms with Gasteiger partial charge in [0.1, 0.15) is 11.2 Å². The number of hydrogen-bond acceptors (Lipinski definition) is 3. The van der Waals surface area contributed by atoms with E-state index < -0.39 is 0 Å². The summed E-state index contributed by atoms with van der Waals surface area (Å²) in [6.45, 7) is 4.67. The molecule has 2 aromatic heterocycles. The molecule has 218 valence electrons. The van der Waals surface area contributed by atoms with Crippen LogP contribution in [0.3, 0.4) is 0 Å². The molecule has 0 saturated carbocycles. The molecule has 0 fully saturated rings. The molecule has 1 aliphatic rings. The van der Waals surface area contributed by atoms with E-state index in [4.69, 9.17) is 4.42 Å². The summed E-state index contributed by atoms with van der Waals surface area (Å²) < 4.78 is 8.99. The molecule has 0 bridgehead atoms. The molecular weight excluding hydrogens is 579 g/mol. The van der Waals surface area contributed by atoms with E-state index in [9.17, 15) is 0 Å². The highest BCUT2D eigenvalue weighted by Gasteiger charge is 2.35. The fourth-order valence-corrected chi connectivity index (χ4v) is 8.98. The highest BCUT2D eigenvalue weighted by Crippen LogP contribution is 2.51. The monoisotopic (exact) mass is 607 g/mol. The van der Waals surface area contributed by atoms with Crippen LogP contribution < -0.4 is 4.90 Å². The van der Waals surface area contributed by atoms with Gasteiger partial charge in [-0.1, -0.05) is 98.8 Å². The van der Waals surface area contributed by atoms with Gasteiger partial charge in [0.2, 0.25) is 0 Å². The predicted molar refractivity (Wildman–Crippen MR) is 196 cm³/mol. The molecule has 10 rings (SSSR count). The Hall–Kier alpha value is -5.38. The zero-order valence-corrected chi connectivity index (χ0v) is 26.4. The lowest BCUT2D eigenvalue weighted by Crippen LogP contribution is -2.15. The minimum atomic E-state index is -0.0404. The van der Waals surface area contributed by atoms with Crippen molar-refractivity contribution < 1.29 is 4.42 Å². The topological polar surface area (TPSA) is 16.4 Å². The lowest BCUT2D eigenvalue weighted by atomic mass is 9.82. The fraction of sp³-hybridized carbons (Fsp3) is 0.0698. The fourth-order valence-electron chi connectivity index (χ4n) is 7.82. The van der Waals surface area contributed by atoms with Crippen molar-refractivity contribution >= 4 is 81.3 Å². The lowest BCUT2D eigenvalue weighted by molar-refractivity contribution is 0.660. The molecular formula is C43H29NOS. The Morgan fingerprint density at radius 1 is 0.500 bits per heavy atom. The number of fused-ring (bicyclic) bond motifs is 11. The summed E-state index contributed by atoms with van der Waals surface area (Å²) in [6, 6.07) is 51.0. The van der Waals surface area contributed by atoms with Crippen molar-refractivity contribution in [1.82, 2.24) is 0 Å². The predicted octanol–water partition coefficient (Wildman–Crippen LogP) is 12.9. The second kappa shape index (κ2) is 9.32. The average molecular weight is 608 g/mol. The van der Waals surface area contributed by atoms with Crippen molar-refractivity contribution in [1.29, 1.82) is 0 Å². The number of nitrogens with zero attached hydrogens (tertiary/aromatic N) is 1. The Kier molecular flexibility index (Phi) is 5.25. The molecule has 2 nitrogen and oxygen atoms in total. The van der Waals surface area contributed by atoms with Crippen LogP contribution >= 0.6 is 11.3 Å².